The summed E-state index contributed by atoms with van der Waals surface area (Å²) in [5.41, 5.74) is -0.344. The summed E-state index contributed by atoms with van der Waals surface area (Å²) in [5, 5.41) is 11.4. The van der Waals surface area contributed by atoms with Gasteiger partial charge in [0.2, 0.25) is 5.13 Å². The van der Waals surface area contributed by atoms with Crippen molar-refractivity contribution >= 4 is 22.4 Å². The van der Waals surface area contributed by atoms with E-state index in [1.807, 2.05) is 0 Å². The van der Waals surface area contributed by atoms with Crippen molar-refractivity contribution in [2.45, 2.75) is 18.8 Å². The van der Waals surface area contributed by atoms with Crippen molar-refractivity contribution in [2.75, 3.05) is 5.32 Å². The Labute approximate surface area is 111 Å². The van der Waals surface area contributed by atoms with Crippen LogP contribution in [0.5, 0.6) is 0 Å². The largest absolute Gasteiger partial charge is 0.296 e. The van der Waals surface area contributed by atoms with Gasteiger partial charge < -0.3 is 0 Å². The van der Waals surface area contributed by atoms with E-state index in [9.17, 15) is 13.6 Å². The first-order valence-corrected chi connectivity index (χ1v) is 6.55. The zero-order chi connectivity index (χ0) is 13.4. The molecule has 0 unspecified atom stereocenters. The maximum absolute atomic E-state index is 13.4. The molecule has 1 fully saturated rings. The highest BCUT2D eigenvalue weighted by Crippen LogP contribution is 2.42. The third-order valence-electron chi connectivity index (χ3n) is 2.76. The highest BCUT2D eigenvalue weighted by molar-refractivity contribution is 7.15. The summed E-state index contributed by atoms with van der Waals surface area (Å²) >= 11 is 1.27. The van der Waals surface area contributed by atoms with Gasteiger partial charge in [-0.3, -0.25) is 10.1 Å². The fourth-order valence-corrected chi connectivity index (χ4v) is 2.52. The molecule has 7 heteroatoms. The van der Waals surface area contributed by atoms with Gasteiger partial charge in [-0.05, 0) is 31.0 Å². The average molecular weight is 281 g/mol. The third kappa shape index (κ3) is 2.60. The highest BCUT2D eigenvalue weighted by Gasteiger charge is 2.28. The van der Waals surface area contributed by atoms with Gasteiger partial charge in [-0.1, -0.05) is 11.3 Å². The SMILES string of the molecule is O=C(Nc1nnc(C2CC2)s1)c1cc(F)ccc1F. The van der Waals surface area contributed by atoms with Crippen LogP contribution in [0.2, 0.25) is 0 Å². The second-order valence-corrected chi connectivity index (χ2v) is 5.31. The Morgan fingerprint density at radius 3 is 2.84 bits per heavy atom. The van der Waals surface area contributed by atoms with Gasteiger partial charge >= 0.3 is 0 Å². The lowest BCUT2D eigenvalue weighted by molar-refractivity contribution is 0.102. The first-order chi connectivity index (χ1) is 9.13. The molecule has 0 bridgehead atoms. The molecule has 0 spiro atoms. The molecule has 1 saturated carbocycles. The molecule has 1 N–H and O–H groups in total. The van der Waals surface area contributed by atoms with E-state index in [1.54, 1.807) is 0 Å². The van der Waals surface area contributed by atoms with Crippen LogP contribution in [0.1, 0.15) is 34.1 Å². The van der Waals surface area contributed by atoms with Gasteiger partial charge in [0.25, 0.3) is 5.91 Å². The highest BCUT2D eigenvalue weighted by atomic mass is 32.1. The maximum atomic E-state index is 13.4. The molecule has 2 aromatic rings. The number of anilines is 1. The second-order valence-electron chi connectivity index (χ2n) is 4.30. The lowest BCUT2D eigenvalue weighted by Crippen LogP contribution is -2.13. The number of amides is 1. The van der Waals surface area contributed by atoms with Crippen molar-refractivity contribution < 1.29 is 13.6 Å². The van der Waals surface area contributed by atoms with E-state index in [0.29, 0.717) is 11.0 Å². The molecule has 4 nitrogen and oxygen atoms in total. The van der Waals surface area contributed by atoms with Gasteiger partial charge in [0.15, 0.2) is 0 Å². The summed E-state index contributed by atoms with van der Waals surface area (Å²) in [5.74, 6) is -1.72. The summed E-state index contributed by atoms with van der Waals surface area (Å²) in [6, 6.07) is 2.73. The quantitative estimate of drug-likeness (QED) is 0.941. The molecule has 0 saturated heterocycles. The number of benzene rings is 1. The molecule has 1 aliphatic carbocycles. The summed E-state index contributed by atoms with van der Waals surface area (Å²) < 4.78 is 26.4. The maximum Gasteiger partial charge on any atom is 0.260 e. The summed E-state index contributed by atoms with van der Waals surface area (Å²) in [6.07, 6.45) is 2.17. The van der Waals surface area contributed by atoms with Gasteiger partial charge in [-0.25, -0.2) is 8.78 Å². The molecule has 1 aromatic carbocycles. The number of carbonyl (C=O) groups is 1. The monoisotopic (exact) mass is 281 g/mol. The van der Waals surface area contributed by atoms with Crippen molar-refractivity contribution in [2.24, 2.45) is 0 Å². The van der Waals surface area contributed by atoms with Gasteiger partial charge in [-0.15, -0.1) is 10.2 Å². The van der Waals surface area contributed by atoms with Crippen LogP contribution in [-0.4, -0.2) is 16.1 Å². The molecule has 0 radical (unpaired) electrons. The fourth-order valence-electron chi connectivity index (χ4n) is 1.62. The standard InChI is InChI=1S/C12H9F2N3OS/c13-7-3-4-9(14)8(5-7)10(18)15-12-17-16-11(19-12)6-1-2-6/h3-6H,1-2H2,(H,15,17,18). The Bertz CT molecular complexity index is 640. The minimum absolute atomic E-state index is 0.301. The van der Waals surface area contributed by atoms with E-state index in [2.05, 4.69) is 15.5 Å². The van der Waals surface area contributed by atoms with Crippen molar-refractivity contribution in [3.8, 4) is 0 Å². The van der Waals surface area contributed by atoms with Gasteiger partial charge in [0.05, 0.1) is 5.56 Å². The lowest BCUT2D eigenvalue weighted by Gasteiger charge is -2.02. The molecular formula is C12H9F2N3OS. The Hall–Kier alpha value is -1.89. The summed E-state index contributed by atoms with van der Waals surface area (Å²) in [4.78, 5) is 11.8. The zero-order valence-corrected chi connectivity index (χ0v) is 10.5. The molecular weight excluding hydrogens is 272 g/mol. The first kappa shape index (κ1) is 12.2. The van der Waals surface area contributed by atoms with E-state index in [0.717, 1.165) is 36.0 Å². The molecule has 0 aliphatic heterocycles. The molecule has 1 aliphatic rings. The molecule has 1 amide bonds. The van der Waals surface area contributed by atoms with Crippen LogP contribution in [0.3, 0.4) is 0 Å². The number of halogens is 2. The normalized spacial score (nSPS) is 14.4. The van der Waals surface area contributed by atoms with Gasteiger partial charge in [0, 0.05) is 5.92 Å². The zero-order valence-electron chi connectivity index (χ0n) is 9.69. The average Bonchev–Trinajstić information content (AvgIpc) is 3.13. The number of hydrogen-bond donors (Lipinski definition) is 1. The number of aromatic nitrogens is 2. The Morgan fingerprint density at radius 1 is 1.32 bits per heavy atom. The first-order valence-electron chi connectivity index (χ1n) is 5.73. The minimum atomic E-state index is -0.772. The van der Waals surface area contributed by atoms with Crippen LogP contribution >= 0.6 is 11.3 Å². The Kier molecular flexibility index (Phi) is 2.98. The second kappa shape index (κ2) is 4.65. The lowest BCUT2D eigenvalue weighted by atomic mass is 10.2. The molecule has 0 atom stereocenters. The molecule has 19 heavy (non-hydrogen) atoms. The van der Waals surface area contributed by atoms with Crippen molar-refractivity contribution in [1.82, 2.24) is 10.2 Å². The van der Waals surface area contributed by atoms with E-state index in [-0.39, 0.29) is 5.56 Å². The summed E-state index contributed by atoms with van der Waals surface area (Å²) in [6.45, 7) is 0. The van der Waals surface area contributed by atoms with Crippen LogP contribution < -0.4 is 5.32 Å². The van der Waals surface area contributed by atoms with Crippen LogP contribution in [0.4, 0.5) is 13.9 Å². The molecule has 1 aromatic heterocycles. The van der Waals surface area contributed by atoms with Crippen LogP contribution in [0.15, 0.2) is 18.2 Å². The van der Waals surface area contributed by atoms with Gasteiger partial charge in [0.1, 0.15) is 16.6 Å². The molecule has 98 valence electrons. The number of nitrogens with one attached hydrogen (secondary N) is 1. The number of hydrogen-bond acceptors (Lipinski definition) is 4. The van der Waals surface area contributed by atoms with Crippen molar-refractivity contribution in [3.63, 3.8) is 0 Å². The van der Waals surface area contributed by atoms with E-state index in [4.69, 9.17) is 0 Å². The number of rotatable bonds is 3. The number of carbonyl (C=O) groups excluding carboxylic acids is 1. The van der Waals surface area contributed by atoms with Crippen LogP contribution in [-0.2, 0) is 0 Å². The van der Waals surface area contributed by atoms with Gasteiger partial charge in [-0.2, -0.15) is 0 Å². The fraction of sp³-hybridized carbons (Fsp3) is 0.250. The number of nitrogens with zero attached hydrogens (tertiary/aromatic N) is 2. The topological polar surface area (TPSA) is 54.9 Å². The summed E-state index contributed by atoms with van der Waals surface area (Å²) in [7, 11) is 0. The third-order valence-corrected chi connectivity index (χ3v) is 3.76. The Morgan fingerprint density at radius 2 is 2.11 bits per heavy atom. The minimum Gasteiger partial charge on any atom is -0.296 e. The van der Waals surface area contributed by atoms with Crippen LogP contribution in [0, 0.1) is 11.6 Å². The van der Waals surface area contributed by atoms with Crippen molar-refractivity contribution in [3.05, 3.63) is 40.4 Å². The Balaban J connectivity index is 1.77. The predicted octanol–water partition coefficient (Wildman–Crippen LogP) is 2.95. The predicted molar refractivity (Wildman–Crippen MR) is 66.2 cm³/mol. The smallest absolute Gasteiger partial charge is 0.260 e. The van der Waals surface area contributed by atoms with Crippen molar-refractivity contribution in [1.29, 1.82) is 0 Å². The van der Waals surface area contributed by atoms with E-state index in [1.165, 1.54) is 11.3 Å². The van der Waals surface area contributed by atoms with E-state index < -0.39 is 17.5 Å². The van der Waals surface area contributed by atoms with Crippen LogP contribution in [0.25, 0.3) is 0 Å². The van der Waals surface area contributed by atoms with E-state index >= 15 is 0 Å². The molecule has 3 rings (SSSR count). The molecule has 1 heterocycles.